The number of nitrogens with zero attached hydrogens (tertiary/aromatic N) is 3. The average molecular weight is 516 g/mol. The lowest BCUT2D eigenvalue weighted by Gasteiger charge is -2.32. The number of halogens is 3. The number of likely N-dealkylation sites (N-methyl/N-ethyl adjacent to an activating group) is 1. The number of rotatable bonds is 4. The number of carboxylic acid groups (broad SMARTS) is 1. The van der Waals surface area contributed by atoms with Crippen LogP contribution in [0.4, 0.5) is 13.2 Å². The van der Waals surface area contributed by atoms with Gasteiger partial charge in [0.1, 0.15) is 0 Å². The normalized spacial score (nSPS) is 16.4. The Balaban J connectivity index is 0.000000405. The summed E-state index contributed by atoms with van der Waals surface area (Å²) in [7, 11) is 2.18. The maximum atomic E-state index is 12.1. The third kappa shape index (κ3) is 6.75. The highest BCUT2D eigenvalue weighted by Crippen LogP contribution is 2.27. The quantitative estimate of drug-likeness (QED) is 0.493. The number of benzene rings is 1. The predicted octanol–water partition coefficient (Wildman–Crippen LogP) is 3.41. The molecule has 0 spiro atoms. The number of H-pyrrole nitrogens is 1. The molecule has 0 aliphatic carbocycles. The fourth-order valence-corrected chi connectivity index (χ4v) is 4.30. The molecule has 0 bridgehead atoms. The number of fused-ring (bicyclic) bond motifs is 1. The van der Waals surface area contributed by atoms with E-state index in [2.05, 4.69) is 62.5 Å². The molecule has 1 amide bonds. The summed E-state index contributed by atoms with van der Waals surface area (Å²) in [6.45, 7) is 6.13. The van der Waals surface area contributed by atoms with Gasteiger partial charge in [-0.2, -0.15) is 13.2 Å². The molecule has 3 N–H and O–H groups in total. The van der Waals surface area contributed by atoms with Gasteiger partial charge in [0.25, 0.3) is 5.91 Å². The van der Waals surface area contributed by atoms with Gasteiger partial charge in [0.15, 0.2) is 0 Å². The largest absolute Gasteiger partial charge is 0.490 e. The Morgan fingerprint density at radius 1 is 1.08 bits per heavy atom. The first-order chi connectivity index (χ1) is 17.6. The first kappa shape index (κ1) is 26.4. The Hall–Kier alpha value is -3.70. The summed E-state index contributed by atoms with van der Waals surface area (Å²) in [6.07, 6.45) is -2.40. The molecule has 0 atom stereocenters. The highest BCUT2D eigenvalue weighted by Gasteiger charge is 2.38. The number of hydrogen-bond acceptors (Lipinski definition) is 5. The summed E-state index contributed by atoms with van der Waals surface area (Å²) in [5.41, 5.74) is 7.17. The zero-order valence-electron chi connectivity index (χ0n) is 20.3. The highest BCUT2D eigenvalue weighted by molar-refractivity contribution is 5.97. The van der Waals surface area contributed by atoms with Crippen LogP contribution in [-0.4, -0.2) is 82.7 Å². The van der Waals surface area contributed by atoms with Gasteiger partial charge >= 0.3 is 12.1 Å². The summed E-state index contributed by atoms with van der Waals surface area (Å²) in [5, 5.41) is 10.0. The molecule has 37 heavy (non-hydrogen) atoms. The molecule has 2 aliphatic rings. The lowest BCUT2D eigenvalue weighted by molar-refractivity contribution is -0.192. The Morgan fingerprint density at radius 2 is 1.81 bits per heavy atom. The molecule has 5 rings (SSSR count). The molecule has 11 heteroatoms. The number of pyridine rings is 1. The minimum Gasteiger partial charge on any atom is -0.475 e. The number of carbonyl (C=O) groups is 2. The van der Waals surface area contributed by atoms with E-state index >= 15 is 0 Å². The van der Waals surface area contributed by atoms with Crippen molar-refractivity contribution < 1.29 is 27.9 Å². The van der Waals surface area contributed by atoms with Gasteiger partial charge in [-0.1, -0.05) is 18.2 Å². The molecule has 0 saturated carbocycles. The molecule has 3 aromatic rings. The summed E-state index contributed by atoms with van der Waals surface area (Å²) in [5.74, 6) is -2.75. The number of amides is 1. The minimum atomic E-state index is -5.08. The van der Waals surface area contributed by atoms with Crippen molar-refractivity contribution in [1.29, 1.82) is 0 Å². The van der Waals surface area contributed by atoms with E-state index in [4.69, 9.17) is 9.90 Å². The molecule has 196 valence electrons. The van der Waals surface area contributed by atoms with Gasteiger partial charge in [-0.25, -0.2) is 4.79 Å². The van der Waals surface area contributed by atoms with Crippen LogP contribution in [0.15, 0.2) is 48.7 Å². The summed E-state index contributed by atoms with van der Waals surface area (Å²) >= 11 is 0. The number of piperazine rings is 1. The molecular weight excluding hydrogens is 487 g/mol. The number of hydrogen-bond donors (Lipinski definition) is 3. The van der Waals surface area contributed by atoms with E-state index in [0.29, 0.717) is 6.54 Å². The number of nitrogens with one attached hydrogen (secondary N) is 2. The molecule has 4 heterocycles. The number of aromatic nitrogens is 2. The smallest absolute Gasteiger partial charge is 0.475 e. The van der Waals surface area contributed by atoms with Crippen LogP contribution >= 0.6 is 0 Å². The van der Waals surface area contributed by atoms with E-state index < -0.39 is 12.1 Å². The Labute approximate surface area is 212 Å². The van der Waals surface area contributed by atoms with Crippen LogP contribution in [0.1, 0.15) is 21.6 Å². The van der Waals surface area contributed by atoms with E-state index in [1.807, 2.05) is 18.3 Å². The van der Waals surface area contributed by atoms with Crippen molar-refractivity contribution in [2.24, 2.45) is 0 Å². The SMILES string of the molecule is CN1CCN(Cc2cccc(-c3cc(-c4cc5c([nH]4)CCNC5=O)ccn3)c2)CC1.O=C(O)C(F)(F)F. The van der Waals surface area contributed by atoms with Crippen LogP contribution in [0, 0.1) is 0 Å². The van der Waals surface area contributed by atoms with Gasteiger partial charge in [0, 0.05) is 74.4 Å². The van der Waals surface area contributed by atoms with Crippen LogP contribution in [-0.2, 0) is 17.8 Å². The maximum Gasteiger partial charge on any atom is 0.490 e. The van der Waals surface area contributed by atoms with Crippen molar-refractivity contribution in [2.45, 2.75) is 19.1 Å². The van der Waals surface area contributed by atoms with Gasteiger partial charge in [0.2, 0.25) is 0 Å². The monoisotopic (exact) mass is 515 g/mol. The second-order valence-electron chi connectivity index (χ2n) is 9.09. The molecule has 1 fully saturated rings. The zero-order valence-corrected chi connectivity index (χ0v) is 20.3. The van der Waals surface area contributed by atoms with E-state index in [1.54, 1.807) is 0 Å². The van der Waals surface area contributed by atoms with Crippen LogP contribution < -0.4 is 5.32 Å². The molecule has 8 nitrogen and oxygen atoms in total. The number of aromatic amines is 1. The fourth-order valence-electron chi connectivity index (χ4n) is 4.30. The number of alkyl halides is 3. The number of carbonyl (C=O) groups excluding carboxylic acids is 1. The van der Waals surface area contributed by atoms with Crippen LogP contribution in [0.3, 0.4) is 0 Å². The van der Waals surface area contributed by atoms with Crippen LogP contribution in [0.5, 0.6) is 0 Å². The Kier molecular flexibility index (Phi) is 7.94. The van der Waals surface area contributed by atoms with E-state index in [1.165, 1.54) is 5.56 Å². The molecule has 1 saturated heterocycles. The van der Waals surface area contributed by atoms with Crippen molar-refractivity contribution in [3.05, 3.63) is 65.5 Å². The third-order valence-corrected chi connectivity index (χ3v) is 6.34. The van der Waals surface area contributed by atoms with E-state index in [0.717, 1.165) is 72.9 Å². The maximum absolute atomic E-state index is 12.1. The molecular formula is C26H28F3N5O3. The standard InChI is InChI=1S/C24H27N5O.C2HF3O2/c1-28-9-11-29(12-10-28)16-17-3-2-4-18(13-17)22-14-19(5-7-25-22)23-15-20-21(27-23)6-8-26-24(20)30;3-2(4,5)1(6)7/h2-5,7,13-15,27H,6,8-12,16H2,1H3,(H,26,30);(H,6,7). The zero-order chi connectivity index (χ0) is 26.6. The van der Waals surface area contributed by atoms with Crippen molar-refractivity contribution in [2.75, 3.05) is 39.8 Å². The minimum absolute atomic E-state index is 0.00429. The summed E-state index contributed by atoms with van der Waals surface area (Å²) in [6, 6.07) is 14.7. The van der Waals surface area contributed by atoms with Gasteiger partial charge in [0.05, 0.1) is 11.3 Å². The first-order valence-corrected chi connectivity index (χ1v) is 11.9. The molecule has 1 aromatic carbocycles. The van der Waals surface area contributed by atoms with Gasteiger partial charge < -0.3 is 20.3 Å². The summed E-state index contributed by atoms with van der Waals surface area (Å²) in [4.78, 5) is 33.9. The average Bonchev–Trinajstić information content (AvgIpc) is 3.32. The molecule has 0 radical (unpaired) electrons. The van der Waals surface area contributed by atoms with Crippen LogP contribution in [0.25, 0.3) is 22.5 Å². The van der Waals surface area contributed by atoms with E-state index in [-0.39, 0.29) is 5.91 Å². The van der Waals surface area contributed by atoms with Gasteiger partial charge in [-0.15, -0.1) is 0 Å². The lowest BCUT2D eigenvalue weighted by atomic mass is 10.0. The van der Waals surface area contributed by atoms with Crippen LogP contribution in [0.2, 0.25) is 0 Å². The number of aliphatic carboxylic acids is 1. The second kappa shape index (κ2) is 11.1. The van der Waals surface area contributed by atoms with Crippen molar-refractivity contribution in [3.8, 4) is 22.5 Å². The predicted molar refractivity (Wildman–Crippen MR) is 132 cm³/mol. The number of carboxylic acids is 1. The molecule has 0 unspecified atom stereocenters. The van der Waals surface area contributed by atoms with Crippen molar-refractivity contribution in [3.63, 3.8) is 0 Å². The lowest BCUT2D eigenvalue weighted by Crippen LogP contribution is -2.43. The third-order valence-electron chi connectivity index (χ3n) is 6.34. The second-order valence-corrected chi connectivity index (χ2v) is 9.09. The fraction of sp³-hybridized carbons (Fsp3) is 0.346. The summed E-state index contributed by atoms with van der Waals surface area (Å²) < 4.78 is 31.7. The van der Waals surface area contributed by atoms with Crippen molar-refractivity contribution in [1.82, 2.24) is 25.1 Å². The van der Waals surface area contributed by atoms with E-state index in [9.17, 15) is 18.0 Å². The van der Waals surface area contributed by atoms with Gasteiger partial charge in [-0.05, 0) is 36.9 Å². The Morgan fingerprint density at radius 3 is 2.49 bits per heavy atom. The van der Waals surface area contributed by atoms with Crippen molar-refractivity contribution >= 4 is 11.9 Å². The highest BCUT2D eigenvalue weighted by atomic mass is 19.4. The topological polar surface area (TPSA) is 102 Å². The van der Waals surface area contributed by atoms with Gasteiger partial charge in [-0.3, -0.25) is 14.7 Å². The first-order valence-electron chi connectivity index (χ1n) is 11.9. The molecule has 2 aromatic heterocycles. The Bertz CT molecular complexity index is 1270. The molecule has 2 aliphatic heterocycles.